The Bertz CT molecular complexity index is 678. The highest BCUT2D eigenvalue weighted by atomic mass is 35.5. The van der Waals surface area contributed by atoms with E-state index in [1.807, 2.05) is 62.4 Å². The zero-order valence-corrected chi connectivity index (χ0v) is 15.5. The molecule has 0 saturated heterocycles. The predicted molar refractivity (Wildman–Crippen MR) is 102 cm³/mol. The van der Waals surface area contributed by atoms with Gasteiger partial charge in [0, 0.05) is 10.8 Å². The number of hydrogen-bond donors (Lipinski definition) is 1. The normalized spacial score (nSPS) is 11.8. The summed E-state index contributed by atoms with van der Waals surface area (Å²) in [6, 6.07) is 15.5. The Hall–Kier alpha value is -1.65. The van der Waals surface area contributed by atoms with Crippen LogP contribution in [0.2, 0.25) is 5.02 Å². The van der Waals surface area contributed by atoms with Crippen molar-refractivity contribution in [1.82, 2.24) is 5.32 Å². The maximum atomic E-state index is 12.0. The van der Waals surface area contributed by atoms with E-state index in [1.54, 1.807) is 11.8 Å². The number of aryl methyl sites for hydroxylation is 1. The minimum atomic E-state index is -0.0435. The van der Waals surface area contributed by atoms with E-state index >= 15 is 0 Å². The zero-order chi connectivity index (χ0) is 17.4. The highest BCUT2D eigenvalue weighted by molar-refractivity contribution is 7.99. The van der Waals surface area contributed by atoms with E-state index in [9.17, 15) is 4.79 Å². The van der Waals surface area contributed by atoms with Gasteiger partial charge in [-0.3, -0.25) is 4.79 Å². The first-order chi connectivity index (χ1) is 11.6. The van der Waals surface area contributed by atoms with Gasteiger partial charge in [0.25, 0.3) is 0 Å². The van der Waals surface area contributed by atoms with Crippen LogP contribution in [0.5, 0.6) is 5.75 Å². The van der Waals surface area contributed by atoms with Crippen LogP contribution in [0.15, 0.2) is 48.5 Å². The summed E-state index contributed by atoms with van der Waals surface area (Å²) in [4.78, 5) is 12.0. The van der Waals surface area contributed by atoms with Crippen molar-refractivity contribution >= 4 is 29.3 Å². The Morgan fingerprint density at radius 2 is 1.92 bits per heavy atom. The Morgan fingerprint density at radius 3 is 2.67 bits per heavy atom. The number of hydrogen-bond acceptors (Lipinski definition) is 3. The third-order valence-electron chi connectivity index (χ3n) is 3.44. The lowest BCUT2D eigenvalue weighted by molar-refractivity contribution is -0.119. The van der Waals surface area contributed by atoms with E-state index in [-0.39, 0.29) is 11.9 Å². The second-order valence-corrected chi connectivity index (χ2v) is 7.02. The second kappa shape index (κ2) is 9.60. The van der Waals surface area contributed by atoms with Gasteiger partial charge in [0.15, 0.2) is 0 Å². The smallest absolute Gasteiger partial charge is 0.230 e. The Balaban J connectivity index is 1.68. The van der Waals surface area contributed by atoms with Gasteiger partial charge in [0.1, 0.15) is 12.4 Å². The molecule has 2 aromatic rings. The molecule has 0 unspecified atom stereocenters. The summed E-state index contributed by atoms with van der Waals surface area (Å²) in [5.74, 6) is 1.99. The van der Waals surface area contributed by atoms with E-state index in [0.717, 1.165) is 27.7 Å². The molecule has 0 aromatic heterocycles. The lowest BCUT2D eigenvalue weighted by Gasteiger charge is -2.16. The van der Waals surface area contributed by atoms with Crippen molar-refractivity contribution in [1.29, 1.82) is 0 Å². The molecular formula is C19H22ClNO2S. The third-order valence-corrected chi connectivity index (χ3v) is 4.79. The van der Waals surface area contributed by atoms with Crippen LogP contribution in [0.25, 0.3) is 0 Å². The maximum absolute atomic E-state index is 12.0. The van der Waals surface area contributed by atoms with Gasteiger partial charge in [-0.1, -0.05) is 48.0 Å². The van der Waals surface area contributed by atoms with E-state index in [0.29, 0.717) is 12.4 Å². The number of ether oxygens (including phenoxy) is 1. The molecule has 0 aliphatic rings. The Labute approximate surface area is 152 Å². The minimum absolute atomic E-state index is 0.00735. The first kappa shape index (κ1) is 18.7. The van der Waals surface area contributed by atoms with Crippen molar-refractivity contribution in [3.8, 4) is 5.75 Å². The van der Waals surface area contributed by atoms with Crippen LogP contribution in [0.1, 0.15) is 18.1 Å². The lowest BCUT2D eigenvalue weighted by Crippen LogP contribution is -2.37. The maximum Gasteiger partial charge on any atom is 0.230 e. The summed E-state index contributed by atoms with van der Waals surface area (Å²) < 4.78 is 5.75. The summed E-state index contributed by atoms with van der Waals surface area (Å²) >= 11 is 7.66. The topological polar surface area (TPSA) is 38.3 Å². The minimum Gasteiger partial charge on any atom is -0.491 e. The average Bonchev–Trinajstić information content (AvgIpc) is 2.56. The SMILES string of the molecule is Cc1ccccc1OC[C@@H](C)NC(=O)CSCc1ccccc1Cl. The molecule has 2 aromatic carbocycles. The molecule has 0 fully saturated rings. The Kier molecular flexibility index (Phi) is 7.47. The second-order valence-electron chi connectivity index (χ2n) is 5.63. The van der Waals surface area contributed by atoms with Crippen LogP contribution >= 0.6 is 23.4 Å². The summed E-state index contributed by atoms with van der Waals surface area (Å²) in [7, 11) is 0. The first-order valence-electron chi connectivity index (χ1n) is 7.85. The lowest BCUT2D eigenvalue weighted by atomic mass is 10.2. The van der Waals surface area contributed by atoms with Gasteiger partial charge in [-0.2, -0.15) is 0 Å². The molecule has 2 rings (SSSR count). The number of amides is 1. The van der Waals surface area contributed by atoms with Gasteiger partial charge >= 0.3 is 0 Å². The molecule has 1 N–H and O–H groups in total. The van der Waals surface area contributed by atoms with Crippen molar-refractivity contribution in [3.63, 3.8) is 0 Å². The van der Waals surface area contributed by atoms with Crippen molar-refractivity contribution in [3.05, 3.63) is 64.7 Å². The summed E-state index contributed by atoms with van der Waals surface area (Å²) in [6.45, 7) is 4.39. The van der Waals surface area contributed by atoms with Crippen LogP contribution in [0.3, 0.4) is 0 Å². The van der Waals surface area contributed by atoms with Crippen molar-refractivity contribution < 1.29 is 9.53 Å². The van der Waals surface area contributed by atoms with Crippen LogP contribution < -0.4 is 10.1 Å². The average molecular weight is 364 g/mol. The number of rotatable bonds is 8. The fourth-order valence-electron chi connectivity index (χ4n) is 2.16. The van der Waals surface area contributed by atoms with Crippen LogP contribution in [0.4, 0.5) is 0 Å². The highest BCUT2D eigenvalue weighted by Gasteiger charge is 2.09. The number of para-hydroxylation sites is 1. The van der Waals surface area contributed by atoms with Crippen LogP contribution in [0, 0.1) is 6.92 Å². The number of nitrogens with one attached hydrogen (secondary N) is 1. The molecule has 0 aliphatic heterocycles. The van der Waals surface area contributed by atoms with Gasteiger partial charge in [0.05, 0.1) is 11.8 Å². The fourth-order valence-corrected chi connectivity index (χ4v) is 3.28. The molecule has 1 atom stereocenters. The van der Waals surface area contributed by atoms with Gasteiger partial charge in [0.2, 0.25) is 5.91 Å². The molecule has 128 valence electrons. The van der Waals surface area contributed by atoms with Crippen molar-refractivity contribution in [2.24, 2.45) is 0 Å². The number of benzene rings is 2. The van der Waals surface area contributed by atoms with Crippen molar-refractivity contribution in [2.45, 2.75) is 25.6 Å². The third kappa shape index (κ3) is 6.10. The highest BCUT2D eigenvalue weighted by Crippen LogP contribution is 2.20. The molecule has 5 heteroatoms. The quantitative estimate of drug-likeness (QED) is 0.752. The summed E-state index contributed by atoms with van der Waals surface area (Å²) in [6.07, 6.45) is 0. The molecule has 3 nitrogen and oxygen atoms in total. The van der Waals surface area contributed by atoms with E-state index in [1.165, 1.54) is 0 Å². The number of carbonyl (C=O) groups is 1. The predicted octanol–water partition coefficient (Wildman–Crippen LogP) is 4.47. The standard InChI is InChI=1S/C19H22ClNO2S/c1-14-7-3-6-10-18(14)23-11-15(2)21-19(22)13-24-12-16-8-4-5-9-17(16)20/h3-10,15H,11-13H2,1-2H3,(H,21,22)/t15-/m1/s1. The van der Waals surface area contributed by atoms with Gasteiger partial charge in [-0.05, 0) is 37.1 Å². The number of halogens is 1. The van der Waals surface area contributed by atoms with Crippen LogP contribution in [-0.4, -0.2) is 24.3 Å². The molecule has 24 heavy (non-hydrogen) atoms. The molecule has 0 spiro atoms. The van der Waals surface area contributed by atoms with E-state index in [4.69, 9.17) is 16.3 Å². The van der Waals surface area contributed by atoms with Gasteiger partial charge < -0.3 is 10.1 Å². The zero-order valence-electron chi connectivity index (χ0n) is 13.9. The van der Waals surface area contributed by atoms with E-state index < -0.39 is 0 Å². The monoisotopic (exact) mass is 363 g/mol. The Morgan fingerprint density at radius 1 is 1.21 bits per heavy atom. The molecular weight excluding hydrogens is 342 g/mol. The molecule has 0 saturated carbocycles. The fraction of sp³-hybridized carbons (Fsp3) is 0.316. The molecule has 0 aliphatic carbocycles. The first-order valence-corrected chi connectivity index (χ1v) is 9.38. The number of thioether (sulfide) groups is 1. The van der Waals surface area contributed by atoms with Crippen molar-refractivity contribution in [2.75, 3.05) is 12.4 Å². The summed E-state index contributed by atoms with van der Waals surface area (Å²) in [5.41, 5.74) is 2.14. The molecule has 0 bridgehead atoms. The molecule has 0 heterocycles. The largest absolute Gasteiger partial charge is 0.491 e. The van der Waals surface area contributed by atoms with Gasteiger partial charge in [-0.25, -0.2) is 0 Å². The molecule has 1 amide bonds. The summed E-state index contributed by atoms with van der Waals surface area (Å²) in [5, 5.41) is 3.69. The van der Waals surface area contributed by atoms with Gasteiger partial charge in [-0.15, -0.1) is 11.8 Å². The van der Waals surface area contributed by atoms with Crippen LogP contribution in [-0.2, 0) is 10.5 Å². The molecule has 0 radical (unpaired) electrons. The van der Waals surface area contributed by atoms with E-state index in [2.05, 4.69) is 5.32 Å². The number of carbonyl (C=O) groups excluding carboxylic acids is 1.